The molecule has 14 heavy (non-hydrogen) atoms. The molecule has 1 aliphatic carbocycles. The molecule has 1 aliphatic rings. The summed E-state index contributed by atoms with van der Waals surface area (Å²) in [6.07, 6.45) is 4.31. The van der Waals surface area contributed by atoms with E-state index in [2.05, 4.69) is 31.2 Å². The molecule has 1 heterocycles. The molecule has 0 aromatic carbocycles. The molecule has 0 atom stereocenters. The molecule has 1 fully saturated rings. The fourth-order valence-electron chi connectivity index (χ4n) is 1.61. The van der Waals surface area contributed by atoms with Crippen LogP contribution in [0.25, 0.3) is 0 Å². The minimum atomic E-state index is 0.282. The molecule has 3 heteroatoms. The summed E-state index contributed by atoms with van der Waals surface area (Å²) < 4.78 is 5.33. The molecule has 78 valence electrons. The minimum absolute atomic E-state index is 0.282. The fraction of sp³-hybridized carbons (Fsp3) is 0.727. The van der Waals surface area contributed by atoms with Crippen molar-refractivity contribution in [2.24, 2.45) is 0 Å². The second kappa shape index (κ2) is 3.39. The van der Waals surface area contributed by atoms with Crippen LogP contribution in [-0.2, 0) is 12.0 Å². The molecule has 0 spiro atoms. The minimum Gasteiger partial charge on any atom is -0.360 e. The van der Waals surface area contributed by atoms with E-state index >= 15 is 0 Å². The molecule has 1 N–H and O–H groups in total. The van der Waals surface area contributed by atoms with Gasteiger partial charge in [-0.2, -0.15) is 0 Å². The summed E-state index contributed by atoms with van der Waals surface area (Å²) in [5.41, 5.74) is 1.50. The van der Waals surface area contributed by atoms with E-state index < -0.39 is 0 Å². The molecule has 1 saturated carbocycles. The molecule has 3 nitrogen and oxygen atoms in total. The van der Waals surface area contributed by atoms with Crippen LogP contribution in [0.2, 0.25) is 0 Å². The predicted octanol–water partition coefficient (Wildman–Crippen LogP) is 2.22. The number of nitrogens with one attached hydrogen (secondary N) is 1. The molecule has 0 bridgehead atoms. The van der Waals surface area contributed by atoms with Gasteiger partial charge in [-0.05, 0) is 12.8 Å². The summed E-state index contributed by atoms with van der Waals surface area (Å²) in [5, 5.41) is 7.28. The summed E-state index contributed by atoms with van der Waals surface area (Å²) in [6.45, 7) is 7.40. The topological polar surface area (TPSA) is 38.1 Å². The second-order valence-corrected chi connectivity index (χ2v) is 4.78. The third kappa shape index (κ3) is 1.82. The Morgan fingerprint density at radius 2 is 2.29 bits per heavy atom. The normalized spacial score (nSPS) is 18.9. The highest BCUT2D eigenvalue weighted by Crippen LogP contribution is 2.48. The van der Waals surface area contributed by atoms with Crippen LogP contribution >= 0.6 is 0 Å². The van der Waals surface area contributed by atoms with Crippen molar-refractivity contribution in [2.45, 2.75) is 51.6 Å². The van der Waals surface area contributed by atoms with Gasteiger partial charge >= 0.3 is 0 Å². The Kier molecular flexibility index (Phi) is 2.35. The first kappa shape index (κ1) is 9.71. The van der Waals surface area contributed by atoms with Gasteiger partial charge in [-0.3, -0.25) is 0 Å². The van der Waals surface area contributed by atoms with E-state index in [-0.39, 0.29) is 5.41 Å². The van der Waals surface area contributed by atoms with Gasteiger partial charge in [0.05, 0.1) is 6.20 Å². The maximum atomic E-state index is 5.33. The van der Waals surface area contributed by atoms with Gasteiger partial charge in [0.15, 0.2) is 0 Å². The van der Waals surface area contributed by atoms with Crippen LogP contribution in [0.5, 0.6) is 0 Å². The van der Waals surface area contributed by atoms with Gasteiger partial charge in [0.25, 0.3) is 0 Å². The van der Waals surface area contributed by atoms with Crippen LogP contribution in [0.1, 0.15) is 44.9 Å². The van der Waals surface area contributed by atoms with Crippen molar-refractivity contribution in [3.05, 3.63) is 17.5 Å². The van der Waals surface area contributed by atoms with Crippen molar-refractivity contribution in [1.82, 2.24) is 10.5 Å². The van der Waals surface area contributed by atoms with Crippen LogP contribution in [0.15, 0.2) is 10.7 Å². The van der Waals surface area contributed by atoms with E-state index in [9.17, 15) is 0 Å². The predicted molar refractivity (Wildman–Crippen MR) is 55.1 cm³/mol. The second-order valence-electron chi connectivity index (χ2n) is 4.78. The third-order valence-electron chi connectivity index (χ3n) is 2.89. The highest BCUT2D eigenvalue weighted by atomic mass is 16.5. The lowest BCUT2D eigenvalue weighted by Gasteiger charge is -2.09. The molecular formula is C11H18N2O. The van der Waals surface area contributed by atoms with Crippen LogP contribution in [0, 0.1) is 0 Å². The van der Waals surface area contributed by atoms with Gasteiger partial charge in [0, 0.05) is 23.6 Å². The molecular weight excluding hydrogens is 176 g/mol. The van der Waals surface area contributed by atoms with E-state index in [1.54, 1.807) is 0 Å². The summed E-state index contributed by atoms with van der Waals surface area (Å²) in [5.74, 6) is 1.09. The van der Waals surface area contributed by atoms with Gasteiger partial charge in [-0.25, -0.2) is 0 Å². The zero-order valence-electron chi connectivity index (χ0n) is 9.13. The number of rotatable bonds is 4. The molecule has 0 amide bonds. The van der Waals surface area contributed by atoms with Crippen LogP contribution < -0.4 is 5.32 Å². The summed E-state index contributed by atoms with van der Waals surface area (Å²) >= 11 is 0. The van der Waals surface area contributed by atoms with Gasteiger partial charge in [-0.15, -0.1) is 0 Å². The van der Waals surface area contributed by atoms with Crippen LogP contribution in [0.3, 0.4) is 0 Å². The van der Waals surface area contributed by atoms with E-state index in [4.69, 9.17) is 4.52 Å². The van der Waals surface area contributed by atoms with Crippen molar-refractivity contribution in [1.29, 1.82) is 0 Å². The number of hydrogen-bond acceptors (Lipinski definition) is 3. The Labute approximate surface area is 84.9 Å². The smallest absolute Gasteiger partial charge is 0.147 e. The van der Waals surface area contributed by atoms with E-state index in [1.165, 1.54) is 18.4 Å². The average Bonchev–Trinajstić information content (AvgIpc) is 2.70. The summed E-state index contributed by atoms with van der Waals surface area (Å²) in [4.78, 5) is 0. The maximum absolute atomic E-state index is 5.33. The first-order valence-corrected chi connectivity index (χ1v) is 5.29. The Hall–Kier alpha value is -0.830. The third-order valence-corrected chi connectivity index (χ3v) is 2.89. The van der Waals surface area contributed by atoms with Crippen molar-refractivity contribution in [3.63, 3.8) is 0 Å². The Morgan fingerprint density at radius 1 is 1.57 bits per heavy atom. The Bertz CT molecular complexity index is 313. The molecule has 0 unspecified atom stereocenters. The SMILES string of the molecule is CC(C)NCc1cnoc1C1(C)CC1. The molecule has 0 radical (unpaired) electrons. The Balaban J connectivity index is 2.06. The molecule has 2 rings (SSSR count). The van der Waals surface area contributed by atoms with Gasteiger partial charge in [-0.1, -0.05) is 25.9 Å². The highest BCUT2D eigenvalue weighted by molar-refractivity contribution is 5.27. The lowest BCUT2D eigenvalue weighted by Crippen LogP contribution is -2.22. The lowest BCUT2D eigenvalue weighted by atomic mass is 10.0. The van der Waals surface area contributed by atoms with Crippen molar-refractivity contribution < 1.29 is 4.52 Å². The van der Waals surface area contributed by atoms with Gasteiger partial charge < -0.3 is 9.84 Å². The zero-order valence-corrected chi connectivity index (χ0v) is 9.13. The van der Waals surface area contributed by atoms with Crippen LogP contribution in [0.4, 0.5) is 0 Å². The summed E-state index contributed by atoms with van der Waals surface area (Å²) in [7, 11) is 0. The first-order chi connectivity index (χ1) is 6.62. The largest absolute Gasteiger partial charge is 0.360 e. The van der Waals surface area contributed by atoms with Gasteiger partial charge in [0.1, 0.15) is 5.76 Å². The molecule has 1 aromatic heterocycles. The van der Waals surface area contributed by atoms with Crippen LogP contribution in [-0.4, -0.2) is 11.2 Å². The maximum Gasteiger partial charge on any atom is 0.147 e. The number of nitrogens with zero attached hydrogens (tertiary/aromatic N) is 1. The monoisotopic (exact) mass is 194 g/mol. The average molecular weight is 194 g/mol. The number of aromatic nitrogens is 1. The fourth-order valence-corrected chi connectivity index (χ4v) is 1.61. The van der Waals surface area contributed by atoms with Crippen molar-refractivity contribution >= 4 is 0 Å². The zero-order chi connectivity index (χ0) is 10.2. The molecule has 0 saturated heterocycles. The molecule has 1 aromatic rings. The number of hydrogen-bond donors (Lipinski definition) is 1. The van der Waals surface area contributed by atoms with E-state index in [0.717, 1.165) is 12.3 Å². The van der Waals surface area contributed by atoms with Crippen molar-refractivity contribution in [2.75, 3.05) is 0 Å². The van der Waals surface area contributed by atoms with E-state index in [1.807, 2.05) is 6.20 Å². The van der Waals surface area contributed by atoms with Crippen molar-refractivity contribution in [3.8, 4) is 0 Å². The quantitative estimate of drug-likeness (QED) is 0.798. The summed E-state index contributed by atoms with van der Waals surface area (Å²) in [6, 6.07) is 0.504. The lowest BCUT2D eigenvalue weighted by molar-refractivity contribution is 0.356. The Morgan fingerprint density at radius 3 is 2.86 bits per heavy atom. The molecule has 0 aliphatic heterocycles. The van der Waals surface area contributed by atoms with E-state index in [0.29, 0.717) is 6.04 Å². The highest BCUT2D eigenvalue weighted by Gasteiger charge is 2.44. The standard InChI is InChI=1S/C11H18N2O/c1-8(2)12-6-9-7-13-14-10(9)11(3)4-5-11/h7-8,12H,4-6H2,1-3H3. The van der Waals surface area contributed by atoms with Gasteiger partial charge in [0.2, 0.25) is 0 Å². The first-order valence-electron chi connectivity index (χ1n) is 5.29.